The molecule has 10 N–H and O–H groups in total. The predicted octanol–water partition coefficient (Wildman–Crippen LogP) is 0.660. The highest BCUT2D eigenvalue weighted by molar-refractivity contribution is 5.88. The Hall–Kier alpha value is -5.44. The van der Waals surface area contributed by atoms with Gasteiger partial charge in [-0.2, -0.15) is 0 Å². The molecule has 2 heterocycles. The number of ether oxygens (including phenoxy) is 6. The van der Waals surface area contributed by atoms with E-state index < -0.39 is 97.2 Å². The second-order valence-electron chi connectivity index (χ2n) is 13.0. The maximum Gasteiger partial charge on any atom is 0.331 e. The normalized spacial score (nSPS) is 28.0. The smallest absolute Gasteiger partial charge is 0.331 e. The molecule has 3 aromatic carbocycles. The molecule has 56 heavy (non-hydrogen) atoms. The van der Waals surface area contributed by atoms with Gasteiger partial charge in [0.15, 0.2) is 53.2 Å². The van der Waals surface area contributed by atoms with Crippen molar-refractivity contribution in [1.29, 1.82) is 0 Å². The van der Waals surface area contributed by atoms with Crippen LogP contribution in [0.25, 0.3) is 12.2 Å². The number of aliphatic hydroxyl groups excluding tert-OH is 4. The zero-order valence-electron chi connectivity index (χ0n) is 29.6. The fourth-order valence-corrected chi connectivity index (χ4v) is 5.76. The first-order valence-electron chi connectivity index (χ1n) is 17.2. The molecular formula is C38H42O18. The lowest BCUT2D eigenvalue weighted by Gasteiger charge is -2.46. The van der Waals surface area contributed by atoms with Crippen LogP contribution in [0, 0.1) is 0 Å². The molecular weight excluding hydrogens is 744 g/mol. The third-order valence-corrected chi connectivity index (χ3v) is 8.89. The topological polar surface area (TPSA) is 292 Å². The minimum absolute atomic E-state index is 0.130. The van der Waals surface area contributed by atoms with Crippen molar-refractivity contribution in [2.75, 3.05) is 13.2 Å². The van der Waals surface area contributed by atoms with Crippen LogP contribution in [0.1, 0.15) is 23.6 Å². The van der Waals surface area contributed by atoms with Gasteiger partial charge in [-0.05, 0) is 78.6 Å². The van der Waals surface area contributed by atoms with Crippen molar-refractivity contribution in [3.05, 3.63) is 83.4 Å². The fourth-order valence-electron chi connectivity index (χ4n) is 5.76. The van der Waals surface area contributed by atoms with Crippen molar-refractivity contribution in [1.82, 2.24) is 0 Å². The van der Waals surface area contributed by atoms with Crippen LogP contribution in [0.3, 0.4) is 0 Å². The van der Waals surface area contributed by atoms with Gasteiger partial charge in [0.2, 0.25) is 0 Å². The Balaban J connectivity index is 1.41. The Morgan fingerprint density at radius 3 is 1.80 bits per heavy atom. The molecule has 0 saturated carbocycles. The molecule has 0 amide bonds. The highest BCUT2D eigenvalue weighted by Gasteiger charge is 2.52. The molecule has 10 unspecified atom stereocenters. The molecule has 0 spiro atoms. The molecule has 2 fully saturated rings. The highest BCUT2D eigenvalue weighted by atomic mass is 16.7. The van der Waals surface area contributed by atoms with Crippen LogP contribution in [0.5, 0.6) is 34.5 Å². The van der Waals surface area contributed by atoms with E-state index >= 15 is 0 Å². The molecule has 0 aromatic heterocycles. The standard InChI is InChI=1S/C38H42O18/c1-18-31(47)32(48)33(49)38(53-18)56-36-34(50)37(51-13-12-21-4-9-24(41)27(44)16-21)54-28(17-52-29(45)10-5-19-2-7-22(39)25(42)14-19)35(36)55-30(46)11-6-20-3-8-23(40)26(43)15-20/h2-11,14-16,18,28,31-44,47-50H,12-13,17H2,1H3. The van der Waals surface area contributed by atoms with Crippen LogP contribution in [0.15, 0.2) is 66.7 Å². The molecule has 0 bridgehead atoms. The quantitative estimate of drug-likeness (QED) is 0.0647. The van der Waals surface area contributed by atoms with E-state index in [9.17, 15) is 60.7 Å². The molecule has 18 heteroatoms. The van der Waals surface area contributed by atoms with Gasteiger partial charge < -0.3 is 79.5 Å². The Morgan fingerprint density at radius 1 is 0.643 bits per heavy atom. The lowest BCUT2D eigenvalue weighted by molar-refractivity contribution is -0.357. The highest BCUT2D eigenvalue weighted by Crippen LogP contribution is 2.33. The van der Waals surface area contributed by atoms with Crippen LogP contribution in [0.4, 0.5) is 0 Å². The third kappa shape index (κ3) is 10.4. The second kappa shape index (κ2) is 18.5. The summed E-state index contributed by atoms with van der Waals surface area (Å²) in [4.78, 5) is 26.1. The van der Waals surface area contributed by atoms with E-state index in [4.69, 9.17) is 28.4 Å². The predicted molar refractivity (Wildman–Crippen MR) is 190 cm³/mol. The third-order valence-electron chi connectivity index (χ3n) is 8.89. The molecule has 2 saturated heterocycles. The lowest BCUT2D eigenvalue weighted by atomic mass is 9.97. The molecule has 2 aliphatic rings. The molecule has 0 aliphatic carbocycles. The van der Waals surface area contributed by atoms with Gasteiger partial charge in [-0.25, -0.2) is 9.59 Å². The van der Waals surface area contributed by atoms with E-state index in [1.807, 2.05) is 0 Å². The second-order valence-corrected chi connectivity index (χ2v) is 13.0. The number of hydrogen-bond acceptors (Lipinski definition) is 18. The average molecular weight is 787 g/mol. The summed E-state index contributed by atoms with van der Waals surface area (Å²) >= 11 is 0. The summed E-state index contributed by atoms with van der Waals surface area (Å²) in [5.41, 5.74) is 1.13. The first kappa shape index (κ1) is 41.7. The van der Waals surface area contributed by atoms with Gasteiger partial charge >= 0.3 is 11.9 Å². The van der Waals surface area contributed by atoms with E-state index in [-0.39, 0.29) is 35.8 Å². The van der Waals surface area contributed by atoms with Gasteiger partial charge in [0, 0.05) is 12.2 Å². The van der Waals surface area contributed by atoms with Gasteiger partial charge in [0.1, 0.15) is 43.2 Å². The zero-order valence-corrected chi connectivity index (χ0v) is 29.6. The van der Waals surface area contributed by atoms with Gasteiger partial charge in [-0.15, -0.1) is 0 Å². The van der Waals surface area contributed by atoms with Crippen molar-refractivity contribution in [2.45, 2.75) is 74.8 Å². The molecule has 18 nitrogen and oxygen atoms in total. The van der Waals surface area contributed by atoms with E-state index in [0.29, 0.717) is 11.1 Å². The van der Waals surface area contributed by atoms with Crippen LogP contribution < -0.4 is 0 Å². The Bertz CT molecular complexity index is 1900. The number of phenols is 6. The van der Waals surface area contributed by atoms with Crippen molar-refractivity contribution >= 4 is 24.1 Å². The summed E-state index contributed by atoms with van der Waals surface area (Å²) in [6.07, 6.45) is -11.6. The largest absolute Gasteiger partial charge is 0.504 e. The number of esters is 2. The van der Waals surface area contributed by atoms with Crippen molar-refractivity contribution in [3.8, 4) is 34.5 Å². The Kier molecular flexibility index (Phi) is 13.8. The van der Waals surface area contributed by atoms with Gasteiger partial charge in [0.25, 0.3) is 0 Å². The number of carbonyl (C=O) groups excluding carboxylic acids is 2. The van der Waals surface area contributed by atoms with Crippen molar-refractivity contribution in [3.63, 3.8) is 0 Å². The lowest BCUT2D eigenvalue weighted by Crippen LogP contribution is -2.65. The monoisotopic (exact) mass is 786 g/mol. The minimum atomic E-state index is -1.86. The summed E-state index contributed by atoms with van der Waals surface area (Å²) in [5, 5.41) is 101. The summed E-state index contributed by atoms with van der Waals surface area (Å²) in [7, 11) is 0. The maximum atomic E-state index is 13.3. The van der Waals surface area contributed by atoms with Crippen LogP contribution in [0.2, 0.25) is 0 Å². The zero-order chi connectivity index (χ0) is 40.7. The summed E-state index contributed by atoms with van der Waals surface area (Å²) in [6, 6.07) is 11.6. The summed E-state index contributed by atoms with van der Waals surface area (Å²) < 4.78 is 34.4. The number of benzene rings is 3. The molecule has 3 aromatic rings. The first-order chi connectivity index (χ1) is 26.6. The number of carbonyl (C=O) groups is 2. The number of aromatic hydroxyl groups is 6. The van der Waals surface area contributed by atoms with E-state index in [2.05, 4.69) is 0 Å². The Labute approximate surface area is 318 Å². The summed E-state index contributed by atoms with van der Waals surface area (Å²) in [6.45, 7) is 0.564. The van der Waals surface area contributed by atoms with Gasteiger partial charge in [-0.3, -0.25) is 0 Å². The van der Waals surface area contributed by atoms with Crippen LogP contribution in [-0.4, -0.2) is 138 Å². The van der Waals surface area contributed by atoms with Crippen molar-refractivity contribution in [2.24, 2.45) is 0 Å². The van der Waals surface area contributed by atoms with Gasteiger partial charge in [-0.1, -0.05) is 18.2 Å². The molecule has 0 radical (unpaired) electrons. The van der Waals surface area contributed by atoms with E-state index in [0.717, 1.165) is 18.2 Å². The minimum Gasteiger partial charge on any atom is -0.504 e. The first-order valence-corrected chi connectivity index (χ1v) is 17.2. The Morgan fingerprint density at radius 2 is 1.21 bits per heavy atom. The van der Waals surface area contributed by atoms with Crippen molar-refractivity contribution < 1.29 is 89.1 Å². The van der Waals surface area contributed by atoms with E-state index in [1.165, 1.54) is 67.6 Å². The number of rotatable bonds is 13. The number of hydrogen-bond donors (Lipinski definition) is 10. The maximum absolute atomic E-state index is 13.3. The molecule has 302 valence electrons. The van der Waals surface area contributed by atoms with Gasteiger partial charge in [0.05, 0.1) is 12.7 Å². The van der Waals surface area contributed by atoms with E-state index in [1.54, 1.807) is 0 Å². The van der Waals surface area contributed by atoms with Crippen LogP contribution >= 0.6 is 0 Å². The SMILES string of the molecule is CC1OC(OC2C(O)C(OCCc3ccc(O)c(O)c3)OC(COC(=O)C=Cc3ccc(O)c(O)c3)C2OC(=O)C=Cc2ccc(O)c(O)c2)C(O)C(O)C1O. The summed E-state index contributed by atoms with van der Waals surface area (Å²) in [5.74, 6) is -4.39. The van der Waals surface area contributed by atoms with Crippen LogP contribution in [-0.2, 0) is 44.4 Å². The molecule has 5 rings (SSSR count). The average Bonchev–Trinajstić information content (AvgIpc) is 3.16. The number of aliphatic hydroxyl groups is 4. The number of phenolic OH excluding ortho intramolecular Hbond substituents is 6. The fraction of sp³-hybridized carbons (Fsp3) is 0.368. The molecule has 10 atom stereocenters. The molecule has 2 aliphatic heterocycles.